The van der Waals surface area contributed by atoms with E-state index in [-0.39, 0.29) is 11.4 Å². The number of halogens is 2. The molecule has 142 valence electrons. The van der Waals surface area contributed by atoms with Crippen molar-refractivity contribution in [1.29, 1.82) is 0 Å². The minimum absolute atomic E-state index is 0.158. The molecule has 1 aliphatic heterocycles. The molecule has 0 bridgehead atoms. The van der Waals surface area contributed by atoms with E-state index in [1.54, 1.807) is 30.3 Å². The Morgan fingerprint density at radius 2 is 2.04 bits per heavy atom. The van der Waals surface area contributed by atoms with Crippen LogP contribution in [0.4, 0.5) is 20.3 Å². The number of aromatic nitrogens is 4. The first kappa shape index (κ1) is 17.6. The van der Waals surface area contributed by atoms with E-state index in [0.717, 1.165) is 10.1 Å². The second-order valence-corrected chi connectivity index (χ2v) is 8.13. The fraction of sp³-hybridized carbons (Fsp3) is 0.312. The van der Waals surface area contributed by atoms with Gasteiger partial charge in [0.2, 0.25) is 15.8 Å². The van der Waals surface area contributed by atoms with Crippen molar-refractivity contribution in [3.8, 4) is 0 Å². The molecule has 1 N–H and O–H groups in total. The molecule has 8 nitrogen and oxygen atoms in total. The molecule has 3 aromatic rings. The van der Waals surface area contributed by atoms with Crippen LogP contribution in [-0.2, 0) is 16.6 Å². The molecule has 0 radical (unpaired) electrons. The van der Waals surface area contributed by atoms with Crippen LogP contribution in [0, 0.1) is 0 Å². The maximum atomic E-state index is 12.9. The van der Waals surface area contributed by atoms with E-state index < -0.39 is 22.3 Å². The lowest BCUT2D eigenvalue weighted by atomic mass is 10.2. The van der Waals surface area contributed by atoms with Crippen LogP contribution in [0.5, 0.6) is 0 Å². The summed E-state index contributed by atoms with van der Waals surface area (Å²) in [5.41, 5.74) is 1.69. The SMILES string of the molecule is O=S1(=O)CCCN1c1cccc(CNc2ccc3nnc(C(F)F)n3n2)c1. The molecule has 2 aromatic heterocycles. The summed E-state index contributed by atoms with van der Waals surface area (Å²) in [5, 5.41) is 14.2. The molecule has 27 heavy (non-hydrogen) atoms. The largest absolute Gasteiger partial charge is 0.365 e. The molecule has 0 atom stereocenters. The van der Waals surface area contributed by atoms with Gasteiger partial charge in [0.05, 0.1) is 11.4 Å². The number of hydrogen-bond donors (Lipinski definition) is 1. The Kier molecular flexibility index (Phi) is 4.38. The van der Waals surface area contributed by atoms with Gasteiger partial charge in [-0.1, -0.05) is 12.1 Å². The summed E-state index contributed by atoms with van der Waals surface area (Å²) in [6.45, 7) is 0.827. The highest BCUT2D eigenvalue weighted by Gasteiger charge is 2.28. The molecule has 11 heteroatoms. The van der Waals surface area contributed by atoms with E-state index in [9.17, 15) is 17.2 Å². The maximum Gasteiger partial charge on any atom is 0.299 e. The highest BCUT2D eigenvalue weighted by Crippen LogP contribution is 2.25. The van der Waals surface area contributed by atoms with Gasteiger partial charge in [-0.2, -0.15) is 4.52 Å². The van der Waals surface area contributed by atoms with Crippen LogP contribution in [0.15, 0.2) is 36.4 Å². The van der Waals surface area contributed by atoms with Crippen molar-refractivity contribution < 1.29 is 17.2 Å². The third-order valence-corrected chi connectivity index (χ3v) is 6.12. The summed E-state index contributed by atoms with van der Waals surface area (Å²) in [6.07, 6.45) is -2.16. The third kappa shape index (κ3) is 3.42. The number of benzene rings is 1. The highest BCUT2D eigenvalue weighted by atomic mass is 32.2. The third-order valence-electron chi connectivity index (χ3n) is 4.25. The summed E-state index contributed by atoms with van der Waals surface area (Å²) in [7, 11) is -3.24. The monoisotopic (exact) mass is 394 g/mol. The first-order chi connectivity index (χ1) is 12.9. The molecule has 1 fully saturated rings. The Morgan fingerprint density at radius 3 is 2.78 bits per heavy atom. The van der Waals surface area contributed by atoms with Gasteiger partial charge in [0.25, 0.3) is 6.43 Å². The molecule has 1 aromatic carbocycles. The Morgan fingerprint density at radius 1 is 1.19 bits per heavy atom. The molecule has 1 aliphatic rings. The first-order valence-electron chi connectivity index (χ1n) is 8.28. The van der Waals surface area contributed by atoms with Crippen molar-refractivity contribution in [2.45, 2.75) is 19.4 Å². The fourth-order valence-electron chi connectivity index (χ4n) is 2.98. The van der Waals surface area contributed by atoms with Gasteiger partial charge < -0.3 is 5.32 Å². The van der Waals surface area contributed by atoms with Crippen molar-refractivity contribution in [3.63, 3.8) is 0 Å². The summed E-state index contributed by atoms with van der Waals surface area (Å²) < 4.78 is 52.4. The molecule has 0 unspecified atom stereocenters. The van der Waals surface area contributed by atoms with Crippen LogP contribution in [0.2, 0.25) is 0 Å². The molecular formula is C16H16F2N6O2S. The molecule has 4 rings (SSSR count). The number of fused-ring (bicyclic) bond motifs is 1. The van der Waals surface area contributed by atoms with E-state index in [0.29, 0.717) is 31.0 Å². The minimum Gasteiger partial charge on any atom is -0.365 e. The number of alkyl halides is 2. The number of sulfonamides is 1. The number of rotatable bonds is 5. The minimum atomic E-state index is -3.24. The van der Waals surface area contributed by atoms with Gasteiger partial charge in [-0.05, 0) is 36.2 Å². The van der Waals surface area contributed by atoms with Crippen LogP contribution in [0.3, 0.4) is 0 Å². The molecule has 0 aliphatic carbocycles. The van der Waals surface area contributed by atoms with Gasteiger partial charge in [-0.15, -0.1) is 15.3 Å². The molecule has 3 heterocycles. The zero-order chi connectivity index (χ0) is 19.0. The van der Waals surface area contributed by atoms with Crippen LogP contribution >= 0.6 is 0 Å². The summed E-state index contributed by atoms with van der Waals surface area (Å²) in [6, 6.07) is 10.3. The Bertz CT molecular complexity index is 1090. The van der Waals surface area contributed by atoms with Crippen molar-refractivity contribution in [2.24, 2.45) is 0 Å². The molecule has 0 spiro atoms. The Labute approximate surface area is 153 Å². The van der Waals surface area contributed by atoms with E-state index >= 15 is 0 Å². The van der Waals surface area contributed by atoms with E-state index in [1.807, 2.05) is 6.07 Å². The van der Waals surface area contributed by atoms with Gasteiger partial charge in [0, 0.05) is 13.1 Å². The molecule has 1 saturated heterocycles. The Hall–Kier alpha value is -2.82. The van der Waals surface area contributed by atoms with E-state index in [2.05, 4.69) is 20.6 Å². The van der Waals surface area contributed by atoms with Crippen molar-refractivity contribution in [2.75, 3.05) is 21.9 Å². The van der Waals surface area contributed by atoms with Gasteiger partial charge >= 0.3 is 0 Å². The predicted octanol–water partition coefficient (Wildman–Crippen LogP) is 2.21. The number of hydrogen-bond acceptors (Lipinski definition) is 6. The van der Waals surface area contributed by atoms with Crippen LogP contribution in [0.1, 0.15) is 24.2 Å². The lowest BCUT2D eigenvalue weighted by Crippen LogP contribution is -2.25. The summed E-state index contributed by atoms with van der Waals surface area (Å²) in [4.78, 5) is 0. The average molecular weight is 394 g/mol. The quantitative estimate of drug-likeness (QED) is 0.713. The average Bonchev–Trinajstić information content (AvgIpc) is 3.22. The lowest BCUT2D eigenvalue weighted by Gasteiger charge is -2.17. The zero-order valence-electron chi connectivity index (χ0n) is 14.1. The van der Waals surface area contributed by atoms with Crippen molar-refractivity contribution in [3.05, 3.63) is 47.8 Å². The molecule has 0 saturated carbocycles. The van der Waals surface area contributed by atoms with Gasteiger partial charge in [0.15, 0.2) is 5.65 Å². The second-order valence-electron chi connectivity index (χ2n) is 6.11. The normalized spacial score (nSPS) is 16.3. The van der Waals surface area contributed by atoms with Crippen molar-refractivity contribution >= 4 is 27.2 Å². The first-order valence-corrected chi connectivity index (χ1v) is 9.89. The standard InChI is InChI=1S/C16H16F2N6O2S/c17-15(18)16-21-20-14-6-5-13(22-24(14)16)19-10-11-3-1-4-12(9-11)23-7-2-8-27(23,25)26/h1,3-6,9,15H,2,7-8,10H2,(H,19,22). The van der Waals surface area contributed by atoms with Crippen LogP contribution in [0.25, 0.3) is 5.65 Å². The van der Waals surface area contributed by atoms with Crippen LogP contribution in [-0.4, -0.2) is 40.5 Å². The summed E-state index contributed by atoms with van der Waals surface area (Å²) >= 11 is 0. The summed E-state index contributed by atoms with van der Waals surface area (Å²) in [5.74, 6) is 0.0171. The molecule has 0 amide bonds. The predicted molar refractivity (Wildman–Crippen MR) is 95.3 cm³/mol. The topological polar surface area (TPSA) is 92.5 Å². The molecular weight excluding hydrogens is 378 g/mol. The number of nitrogens with one attached hydrogen (secondary N) is 1. The Balaban J connectivity index is 1.53. The second kappa shape index (κ2) is 6.72. The van der Waals surface area contributed by atoms with Gasteiger partial charge in [-0.25, -0.2) is 17.2 Å². The van der Waals surface area contributed by atoms with E-state index in [4.69, 9.17) is 0 Å². The highest BCUT2D eigenvalue weighted by molar-refractivity contribution is 7.93. The van der Waals surface area contributed by atoms with Crippen LogP contribution < -0.4 is 9.62 Å². The number of nitrogens with zero attached hydrogens (tertiary/aromatic N) is 5. The fourth-order valence-corrected chi connectivity index (χ4v) is 4.54. The maximum absolute atomic E-state index is 12.9. The lowest BCUT2D eigenvalue weighted by molar-refractivity contribution is 0.137. The van der Waals surface area contributed by atoms with Crippen molar-refractivity contribution in [1.82, 2.24) is 19.8 Å². The van der Waals surface area contributed by atoms with E-state index in [1.165, 1.54) is 4.31 Å². The van der Waals surface area contributed by atoms with Gasteiger partial charge in [-0.3, -0.25) is 4.31 Å². The smallest absolute Gasteiger partial charge is 0.299 e. The zero-order valence-corrected chi connectivity index (χ0v) is 14.9. The van der Waals surface area contributed by atoms with Gasteiger partial charge in [0.1, 0.15) is 5.82 Å². The number of anilines is 2.